The molecule has 2 aromatic rings. The molecule has 0 fully saturated rings. The number of hydrogen-bond acceptors (Lipinski definition) is 3. The maximum atomic E-state index is 14.1. The molecular formula is C20H17F2NO2. The van der Waals surface area contributed by atoms with E-state index in [1.54, 1.807) is 6.92 Å². The molecule has 0 unspecified atom stereocenters. The number of benzene rings is 2. The number of nitrogens with zero attached hydrogens (tertiary/aromatic N) is 1. The van der Waals surface area contributed by atoms with Crippen molar-refractivity contribution in [3.05, 3.63) is 82.6 Å². The van der Waals surface area contributed by atoms with Gasteiger partial charge in [-0.15, -0.1) is 0 Å². The number of carbonyl (C=O) groups is 1. The summed E-state index contributed by atoms with van der Waals surface area (Å²) in [5, 5.41) is 0. The van der Waals surface area contributed by atoms with Crippen LogP contribution in [0.15, 0.2) is 64.8 Å². The molecule has 0 spiro atoms. The van der Waals surface area contributed by atoms with Crippen LogP contribution < -0.4 is 0 Å². The third kappa shape index (κ3) is 3.82. The molecule has 0 amide bonds. The van der Waals surface area contributed by atoms with Gasteiger partial charge in [-0.1, -0.05) is 30.3 Å². The van der Waals surface area contributed by atoms with Crippen LogP contribution in [0.3, 0.4) is 0 Å². The molecule has 0 N–H and O–H groups in total. The predicted molar refractivity (Wildman–Crippen MR) is 91.3 cm³/mol. The standard InChI is InChI=1S/C20H17F2NO2/c1-2-25-20(24)19-14(10-13-6-4-3-5-7-13)11-18(23-19)16-12-15(21)8-9-17(16)22/h3-9,12H,2,10-11H2,1H3. The quantitative estimate of drug-likeness (QED) is 0.764. The van der Waals surface area contributed by atoms with Crippen molar-refractivity contribution in [3.63, 3.8) is 0 Å². The van der Waals surface area contributed by atoms with Gasteiger partial charge >= 0.3 is 5.97 Å². The minimum absolute atomic E-state index is 0.0739. The molecule has 0 aliphatic carbocycles. The third-order valence-corrected chi connectivity index (χ3v) is 3.93. The van der Waals surface area contributed by atoms with Gasteiger partial charge in [-0.05, 0) is 42.7 Å². The Kier molecular flexibility index (Phi) is 5.03. The highest BCUT2D eigenvalue weighted by molar-refractivity contribution is 6.08. The summed E-state index contributed by atoms with van der Waals surface area (Å²) in [5.41, 5.74) is 2.35. The lowest BCUT2D eigenvalue weighted by Gasteiger charge is -2.06. The van der Waals surface area contributed by atoms with E-state index in [0.29, 0.717) is 12.1 Å². The van der Waals surface area contributed by atoms with Crippen molar-refractivity contribution in [2.75, 3.05) is 6.61 Å². The van der Waals surface area contributed by atoms with E-state index in [4.69, 9.17) is 4.74 Å². The van der Waals surface area contributed by atoms with E-state index in [0.717, 1.165) is 29.3 Å². The molecule has 0 aromatic heterocycles. The predicted octanol–water partition coefficient (Wildman–Crippen LogP) is 4.22. The second kappa shape index (κ2) is 7.38. The molecule has 2 aromatic carbocycles. The van der Waals surface area contributed by atoms with Gasteiger partial charge in [0.05, 0.1) is 12.3 Å². The van der Waals surface area contributed by atoms with Crippen molar-refractivity contribution >= 4 is 11.7 Å². The Balaban J connectivity index is 1.94. The van der Waals surface area contributed by atoms with Gasteiger partial charge in [-0.2, -0.15) is 0 Å². The molecule has 0 radical (unpaired) electrons. The molecule has 3 nitrogen and oxygen atoms in total. The highest BCUT2D eigenvalue weighted by Gasteiger charge is 2.26. The van der Waals surface area contributed by atoms with E-state index in [1.807, 2.05) is 30.3 Å². The van der Waals surface area contributed by atoms with Gasteiger partial charge in [0, 0.05) is 12.0 Å². The first kappa shape index (κ1) is 17.0. The lowest BCUT2D eigenvalue weighted by Crippen LogP contribution is -2.07. The monoisotopic (exact) mass is 341 g/mol. The normalized spacial score (nSPS) is 13.8. The van der Waals surface area contributed by atoms with Crippen molar-refractivity contribution in [2.24, 2.45) is 4.99 Å². The van der Waals surface area contributed by atoms with Crippen LogP contribution in [0.2, 0.25) is 0 Å². The number of esters is 1. The molecule has 25 heavy (non-hydrogen) atoms. The van der Waals surface area contributed by atoms with Gasteiger partial charge in [0.15, 0.2) is 0 Å². The Morgan fingerprint density at radius 2 is 1.92 bits per heavy atom. The fraction of sp³-hybridized carbons (Fsp3) is 0.200. The molecule has 1 aliphatic heterocycles. The minimum atomic E-state index is -0.565. The van der Waals surface area contributed by atoms with E-state index < -0.39 is 17.6 Å². The first-order valence-electron chi connectivity index (χ1n) is 8.04. The maximum Gasteiger partial charge on any atom is 0.356 e. The summed E-state index contributed by atoms with van der Waals surface area (Å²) in [6.45, 7) is 1.93. The first-order chi connectivity index (χ1) is 12.1. The first-order valence-corrected chi connectivity index (χ1v) is 8.04. The molecule has 1 aliphatic rings. The number of allylic oxidation sites excluding steroid dienone is 1. The second-order valence-corrected chi connectivity index (χ2v) is 5.69. The van der Waals surface area contributed by atoms with Gasteiger partial charge in [0.25, 0.3) is 0 Å². The number of rotatable bonds is 5. The fourth-order valence-electron chi connectivity index (χ4n) is 2.79. The fourth-order valence-corrected chi connectivity index (χ4v) is 2.79. The van der Waals surface area contributed by atoms with E-state index in [1.165, 1.54) is 0 Å². The van der Waals surface area contributed by atoms with Crippen molar-refractivity contribution in [1.29, 1.82) is 0 Å². The largest absolute Gasteiger partial charge is 0.461 e. The summed E-state index contributed by atoms with van der Waals surface area (Å²) in [6, 6.07) is 12.8. The summed E-state index contributed by atoms with van der Waals surface area (Å²) in [5.74, 6) is -1.65. The highest BCUT2D eigenvalue weighted by Crippen LogP contribution is 2.28. The van der Waals surface area contributed by atoms with Crippen LogP contribution >= 0.6 is 0 Å². The van der Waals surface area contributed by atoms with Gasteiger partial charge in [-0.3, -0.25) is 0 Å². The lowest BCUT2D eigenvalue weighted by atomic mass is 9.98. The average molecular weight is 341 g/mol. The molecule has 0 atom stereocenters. The highest BCUT2D eigenvalue weighted by atomic mass is 19.1. The zero-order valence-corrected chi connectivity index (χ0v) is 13.8. The van der Waals surface area contributed by atoms with Crippen LogP contribution in [-0.4, -0.2) is 18.3 Å². The molecule has 0 bridgehead atoms. The number of carbonyl (C=O) groups excluding carboxylic acids is 1. The summed E-state index contributed by atoms with van der Waals surface area (Å²) < 4.78 is 32.6. The zero-order valence-electron chi connectivity index (χ0n) is 13.8. The van der Waals surface area contributed by atoms with Crippen LogP contribution in [0.25, 0.3) is 0 Å². The van der Waals surface area contributed by atoms with E-state index in [9.17, 15) is 13.6 Å². The Morgan fingerprint density at radius 1 is 1.16 bits per heavy atom. The van der Waals surface area contributed by atoms with Gasteiger partial charge in [0.2, 0.25) is 0 Å². The minimum Gasteiger partial charge on any atom is -0.461 e. The van der Waals surface area contributed by atoms with Crippen molar-refractivity contribution in [2.45, 2.75) is 19.8 Å². The average Bonchev–Trinajstić information content (AvgIpc) is 3.02. The van der Waals surface area contributed by atoms with Crippen LogP contribution in [0.1, 0.15) is 24.5 Å². The number of hydrogen-bond donors (Lipinski definition) is 0. The van der Waals surface area contributed by atoms with Crippen LogP contribution in [0.5, 0.6) is 0 Å². The number of halogens is 2. The number of aliphatic imine (C=N–C) groups is 1. The van der Waals surface area contributed by atoms with E-state index in [-0.39, 0.29) is 24.3 Å². The Labute approximate surface area is 144 Å². The Bertz CT molecular complexity index is 857. The second-order valence-electron chi connectivity index (χ2n) is 5.69. The number of ether oxygens (including phenoxy) is 1. The summed E-state index contributed by atoms with van der Waals surface area (Å²) >= 11 is 0. The molecular weight excluding hydrogens is 324 g/mol. The lowest BCUT2D eigenvalue weighted by molar-refractivity contribution is -0.138. The third-order valence-electron chi connectivity index (χ3n) is 3.93. The molecule has 0 saturated heterocycles. The maximum absolute atomic E-state index is 14.1. The molecule has 3 rings (SSSR count). The van der Waals surface area contributed by atoms with Crippen LogP contribution in [0.4, 0.5) is 8.78 Å². The topological polar surface area (TPSA) is 38.7 Å². The van der Waals surface area contributed by atoms with Crippen molar-refractivity contribution in [3.8, 4) is 0 Å². The van der Waals surface area contributed by atoms with Gasteiger partial charge < -0.3 is 4.74 Å². The molecule has 1 heterocycles. The van der Waals surface area contributed by atoms with Crippen molar-refractivity contribution < 1.29 is 18.3 Å². The Morgan fingerprint density at radius 3 is 2.64 bits per heavy atom. The Hall–Kier alpha value is -2.82. The van der Waals surface area contributed by atoms with Crippen molar-refractivity contribution in [1.82, 2.24) is 0 Å². The van der Waals surface area contributed by atoms with E-state index >= 15 is 0 Å². The smallest absolute Gasteiger partial charge is 0.356 e. The molecule has 5 heteroatoms. The van der Waals surface area contributed by atoms with Crippen LogP contribution in [0, 0.1) is 11.6 Å². The van der Waals surface area contributed by atoms with Crippen LogP contribution in [-0.2, 0) is 16.0 Å². The van der Waals surface area contributed by atoms with E-state index in [2.05, 4.69) is 4.99 Å². The van der Waals surface area contributed by atoms with Gasteiger partial charge in [-0.25, -0.2) is 18.6 Å². The zero-order chi connectivity index (χ0) is 17.8. The molecule has 0 saturated carbocycles. The summed E-state index contributed by atoms with van der Waals surface area (Å²) in [7, 11) is 0. The SMILES string of the molecule is CCOC(=O)C1=C(Cc2ccccc2)CC(c2cc(F)ccc2F)=N1. The molecule has 128 valence electrons. The summed E-state index contributed by atoms with van der Waals surface area (Å²) in [6.07, 6.45) is 0.780. The van der Waals surface area contributed by atoms with Gasteiger partial charge in [0.1, 0.15) is 17.3 Å². The summed E-state index contributed by atoms with van der Waals surface area (Å²) in [4.78, 5) is 16.5.